The average molecular weight is 291 g/mol. The van der Waals surface area contributed by atoms with E-state index in [1.54, 1.807) is 0 Å². The first-order valence-electron chi connectivity index (χ1n) is 7.71. The zero-order chi connectivity index (χ0) is 14.8. The lowest BCUT2D eigenvalue weighted by atomic mass is 9.75. The van der Waals surface area contributed by atoms with Crippen molar-refractivity contribution in [1.29, 1.82) is 0 Å². The van der Waals surface area contributed by atoms with Gasteiger partial charge in [0.15, 0.2) is 0 Å². The molecule has 2 aliphatic rings. The van der Waals surface area contributed by atoms with E-state index in [2.05, 4.69) is 4.98 Å². The lowest BCUT2D eigenvalue weighted by Crippen LogP contribution is -2.46. The Hall–Kier alpha value is -1.85. The number of hydrogen-bond donors (Lipinski definition) is 1. The summed E-state index contributed by atoms with van der Waals surface area (Å²) in [6.45, 7) is 1.62. The number of carbonyl (C=O) groups is 1. The molecule has 1 aromatic rings. The quantitative estimate of drug-likeness (QED) is 0.866. The number of piperidine rings is 1. The summed E-state index contributed by atoms with van der Waals surface area (Å²) in [5, 5.41) is 0. The second-order valence-electron chi connectivity index (χ2n) is 6.17. The third-order valence-corrected chi connectivity index (χ3v) is 4.85. The molecule has 1 aliphatic carbocycles. The fourth-order valence-electron chi connectivity index (χ4n) is 3.64. The summed E-state index contributed by atoms with van der Waals surface area (Å²) in [4.78, 5) is 39.1. The van der Waals surface area contributed by atoms with E-state index in [9.17, 15) is 14.4 Å². The summed E-state index contributed by atoms with van der Waals surface area (Å²) < 4.78 is 1.26. The number of nitrogens with one attached hydrogen (secondary N) is 1. The molecule has 1 N–H and O–H groups in total. The van der Waals surface area contributed by atoms with E-state index < -0.39 is 11.2 Å². The Labute approximate surface area is 122 Å². The van der Waals surface area contributed by atoms with Gasteiger partial charge in [0.2, 0.25) is 5.91 Å². The Bertz CT molecular complexity index is 634. The number of rotatable bonds is 2. The summed E-state index contributed by atoms with van der Waals surface area (Å²) in [5.74, 6) is 1.37. The van der Waals surface area contributed by atoms with Gasteiger partial charge in [0.05, 0.1) is 0 Å². The zero-order valence-electron chi connectivity index (χ0n) is 12.1. The molecule has 1 saturated carbocycles. The van der Waals surface area contributed by atoms with E-state index in [0.717, 1.165) is 25.4 Å². The zero-order valence-corrected chi connectivity index (χ0v) is 12.1. The number of aromatic nitrogens is 2. The lowest BCUT2D eigenvalue weighted by Gasteiger charge is -2.41. The van der Waals surface area contributed by atoms with Crippen LogP contribution in [-0.4, -0.2) is 33.4 Å². The average Bonchev–Trinajstić information content (AvgIpc) is 2.49. The normalized spacial score (nSPS) is 25.4. The molecular weight excluding hydrogens is 270 g/mol. The number of aromatic amines is 1. The van der Waals surface area contributed by atoms with Crippen LogP contribution in [0, 0.1) is 11.8 Å². The van der Waals surface area contributed by atoms with Crippen molar-refractivity contribution in [1.82, 2.24) is 14.5 Å². The first-order chi connectivity index (χ1) is 10.1. The fraction of sp³-hybridized carbons (Fsp3) is 0.667. The van der Waals surface area contributed by atoms with E-state index in [0.29, 0.717) is 5.92 Å². The van der Waals surface area contributed by atoms with Gasteiger partial charge in [-0.1, -0.05) is 19.3 Å². The standard InChI is InChI=1S/C15H21N3O3/c19-13-6-8-18(15(21)16-13)10-14(20)17-7-5-11-3-1-2-4-12(11)9-17/h6,8,11-12H,1-5,7,9-10H2,(H,16,19,21)/t11-,12-/m0/s1. The smallest absolute Gasteiger partial charge is 0.328 e. The largest absolute Gasteiger partial charge is 0.341 e. The van der Waals surface area contributed by atoms with Crippen LogP contribution in [0.5, 0.6) is 0 Å². The maximum absolute atomic E-state index is 12.4. The minimum Gasteiger partial charge on any atom is -0.341 e. The number of hydrogen-bond acceptors (Lipinski definition) is 3. The van der Waals surface area contributed by atoms with E-state index in [1.165, 1.54) is 42.5 Å². The van der Waals surface area contributed by atoms with Crippen LogP contribution in [-0.2, 0) is 11.3 Å². The highest BCUT2D eigenvalue weighted by Crippen LogP contribution is 2.35. The maximum atomic E-state index is 12.4. The van der Waals surface area contributed by atoms with Gasteiger partial charge < -0.3 is 4.90 Å². The molecule has 3 rings (SSSR count). The van der Waals surface area contributed by atoms with Gasteiger partial charge in [-0.2, -0.15) is 0 Å². The van der Waals surface area contributed by atoms with Crippen molar-refractivity contribution in [3.05, 3.63) is 33.1 Å². The summed E-state index contributed by atoms with van der Waals surface area (Å²) in [6, 6.07) is 1.27. The Balaban J connectivity index is 1.65. The summed E-state index contributed by atoms with van der Waals surface area (Å²) in [6.07, 6.45) is 7.56. The second-order valence-corrected chi connectivity index (χ2v) is 6.17. The minimum atomic E-state index is -0.525. The van der Waals surface area contributed by atoms with E-state index in [4.69, 9.17) is 0 Å². The summed E-state index contributed by atoms with van der Waals surface area (Å²) in [5.41, 5.74) is -0.963. The minimum absolute atomic E-state index is 0.00694. The summed E-state index contributed by atoms with van der Waals surface area (Å²) >= 11 is 0. The van der Waals surface area contributed by atoms with Crippen molar-refractivity contribution >= 4 is 5.91 Å². The molecule has 2 fully saturated rings. The van der Waals surface area contributed by atoms with Gasteiger partial charge in [0, 0.05) is 25.4 Å². The first kappa shape index (κ1) is 14.1. The first-order valence-corrected chi connectivity index (χ1v) is 7.71. The molecule has 0 unspecified atom stereocenters. The molecule has 0 spiro atoms. The number of fused-ring (bicyclic) bond motifs is 1. The molecule has 2 heterocycles. The van der Waals surface area contributed by atoms with Crippen LogP contribution in [0.4, 0.5) is 0 Å². The highest BCUT2D eigenvalue weighted by atomic mass is 16.2. The van der Waals surface area contributed by atoms with Crippen molar-refractivity contribution in [2.45, 2.75) is 38.6 Å². The van der Waals surface area contributed by atoms with E-state index in [-0.39, 0.29) is 12.5 Å². The van der Waals surface area contributed by atoms with Crippen LogP contribution < -0.4 is 11.2 Å². The summed E-state index contributed by atoms with van der Waals surface area (Å²) in [7, 11) is 0. The van der Waals surface area contributed by atoms with Gasteiger partial charge in [0.25, 0.3) is 5.56 Å². The van der Waals surface area contributed by atoms with Gasteiger partial charge in [-0.25, -0.2) is 4.79 Å². The maximum Gasteiger partial charge on any atom is 0.328 e. The van der Waals surface area contributed by atoms with Crippen LogP contribution >= 0.6 is 0 Å². The van der Waals surface area contributed by atoms with Gasteiger partial charge in [0.1, 0.15) is 6.54 Å². The molecule has 0 bridgehead atoms. The van der Waals surface area contributed by atoms with Crippen LogP contribution in [0.2, 0.25) is 0 Å². The molecule has 6 heteroatoms. The lowest BCUT2D eigenvalue weighted by molar-refractivity contribution is -0.135. The van der Waals surface area contributed by atoms with E-state index in [1.807, 2.05) is 4.90 Å². The SMILES string of the molecule is O=C(Cn1ccc(=O)[nH]c1=O)N1CC[C@@H]2CCCC[C@H]2C1. The molecule has 1 saturated heterocycles. The molecule has 0 radical (unpaired) electrons. The number of nitrogens with zero attached hydrogens (tertiary/aromatic N) is 2. The third kappa shape index (κ3) is 3.09. The molecule has 114 valence electrons. The molecule has 1 aliphatic heterocycles. The Morgan fingerprint density at radius 3 is 2.71 bits per heavy atom. The molecular formula is C15H21N3O3. The molecule has 1 amide bonds. The van der Waals surface area contributed by atoms with E-state index >= 15 is 0 Å². The van der Waals surface area contributed by atoms with Gasteiger partial charge in [-0.15, -0.1) is 0 Å². The predicted molar refractivity (Wildman–Crippen MR) is 78.0 cm³/mol. The van der Waals surface area contributed by atoms with Crippen molar-refractivity contribution in [2.75, 3.05) is 13.1 Å². The van der Waals surface area contributed by atoms with Crippen LogP contribution in [0.25, 0.3) is 0 Å². The number of likely N-dealkylation sites (tertiary alicyclic amines) is 1. The van der Waals surface area contributed by atoms with Crippen molar-refractivity contribution < 1.29 is 4.79 Å². The fourth-order valence-corrected chi connectivity index (χ4v) is 3.64. The highest BCUT2D eigenvalue weighted by Gasteiger charge is 2.32. The second kappa shape index (κ2) is 5.87. The molecule has 1 aromatic heterocycles. The Morgan fingerprint density at radius 1 is 1.19 bits per heavy atom. The Kier molecular flexibility index (Phi) is 3.94. The molecule has 2 atom stereocenters. The molecule has 21 heavy (non-hydrogen) atoms. The van der Waals surface area contributed by atoms with Gasteiger partial charge in [-0.3, -0.25) is 19.1 Å². The molecule has 0 aromatic carbocycles. The van der Waals surface area contributed by atoms with Crippen LogP contribution in [0.15, 0.2) is 21.9 Å². The third-order valence-electron chi connectivity index (χ3n) is 4.85. The predicted octanol–water partition coefficient (Wildman–Crippen LogP) is 0.575. The van der Waals surface area contributed by atoms with Crippen LogP contribution in [0.3, 0.4) is 0 Å². The highest BCUT2D eigenvalue weighted by molar-refractivity contribution is 5.76. The van der Waals surface area contributed by atoms with Gasteiger partial charge >= 0.3 is 5.69 Å². The van der Waals surface area contributed by atoms with Crippen molar-refractivity contribution in [3.8, 4) is 0 Å². The number of H-pyrrole nitrogens is 1. The number of carbonyl (C=O) groups excluding carboxylic acids is 1. The van der Waals surface area contributed by atoms with Crippen molar-refractivity contribution in [2.24, 2.45) is 11.8 Å². The Morgan fingerprint density at radius 2 is 1.95 bits per heavy atom. The topological polar surface area (TPSA) is 75.2 Å². The van der Waals surface area contributed by atoms with Crippen LogP contribution in [0.1, 0.15) is 32.1 Å². The monoisotopic (exact) mass is 291 g/mol. The number of amides is 1. The van der Waals surface area contributed by atoms with Gasteiger partial charge in [-0.05, 0) is 24.7 Å². The molecule has 6 nitrogen and oxygen atoms in total. The van der Waals surface area contributed by atoms with Crippen molar-refractivity contribution in [3.63, 3.8) is 0 Å².